The van der Waals surface area contributed by atoms with Crippen LogP contribution < -0.4 is 4.72 Å². The summed E-state index contributed by atoms with van der Waals surface area (Å²) < 4.78 is 28.3. The molecule has 0 fully saturated rings. The highest BCUT2D eigenvalue weighted by Gasteiger charge is 2.19. The molecule has 0 aliphatic heterocycles. The first-order valence-corrected chi connectivity index (χ1v) is 9.43. The van der Waals surface area contributed by atoms with E-state index in [1.807, 2.05) is 31.2 Å². The molecule has 1 heterocycles. The SMILES string of the molecule is CC(CCc1ccccc1)NS(=O)(=O)c1cccc2cnccc12. The van der Waals surface area contributed by atoms with Crippen molar-refractivity contribution in [2.45, 2.75) is 30.7 Å². The summed E-state index contributed by atoms with van der Waals surface area (Å²) in [6, 6.07) is 16.9. The lowest BCUT2D eigenvalue weighted by Crippen LogP contribution is -2.33. The molecule has 24 heavy (non-hydrogen) atoms. The van der Waals surface area contributed by atoms with E-state index in [4.69, 9.17) is 0 Å². The molecule has 5 heteroatoms. The van der Waals surface area contributed by atoms with Gasteiger partial charge >= 0.3 is 0 Å². The number of sulfonamides is 1. The number of nitrogens with one attached hydrogen (secondary N) is 1. The van der Waals surface area contributed by atoms with Crippen LogP contribution in [0.15, 0.2) is 71.9 Å². The largest absolute Gasteiger partial charge is 0.264 e. The number of nitrogens with zero attached hydrogens (tertiary/aromatic N) is 1. The Hall–Kier alpha value is -2.24. The molecule has 2 aromatic carbocycles. The van der Waals surface area contributed by atoms with Crippen molar-refractivity contribution in [3.8, 4) is 0 Å². The third-order valence-corrected chi connectivity index (χ3v) is 5.64. The third kappa shape index (κ3) is 3.80. The van der Waals surface area contributed by atoms with E-state index in [2.05, 4.69) is 21.8 Å². The Morgan fingerprint density at radius 2 is 1.83 bits per heavy atom. The summed E-state index contributed by atoms with van der Waals surface area (Å²) in [6.45, 7) is 1.90. The van der Waals surface area contributed by atoms with Gasteiger partial charge in [0.05, 0.1) is 4.90 Å². The number of fused-ring (bicyclic) bond motifs is 1. The van der Waals surface area contributed by atoms with Gasteiger partial charge in [-0.05, 0) is 37.5 Å². The average molecular weight is 340 g/mol. The van der Waals surface area contributed by atoms with Gasteiger partial charge < -0.3 is 0 Å². The first-order chi connectivity index (χ1) is 11.6. The van der Waals surface area contributed by atoms with Gasteiger partial charge in [-0.25, -0.2) is 13.1 Å². The Morgan fingerprint density at radius 3 is 2.62 bits per heavy atom. The van der Waals surface area contributed by atoms with Crippen LogP contribution in [0, 0.1) is 0 Å². The van der Waals surface area contributed by atoms with Crippen LogP contribution >= 0.6 is 0 Å². The van der Waals surface area contributed by atoms with E-state index in [0.29, 0.717) is 10.3 Å². The fraction of sp³-hybridized carbons (Fsp3) is 0.211. The molecule has 0 aliphatic carbocycles. The van der Waals surface area contributed by atoms with Crippen molar-refractivity contribution in [3.05, 3.63) is 72.6 Å². The van der Waals surface area contributed by atoms with Crippen LogP contribution in [-0.2, 0) is 16.4 Å². The number of hydrogen-bond donors (Lipinski definition) is 1. The molecule has 3 aromatic rings. The Kier molecular flexibility index (Phi) is 4.92. The minimum atomic E-state index is -3.57. The number of pyridine rings is 1. The van der Waals surface area contributed by atoms with Crippen molar-refractivity contribution in [3.63, 3.8) is 0 Å². The highest BCUT2D eigenvalue weighted by molar-refractivity contribution is 7.89. The van der Waals surface area contributed by atoms with Gasteiger partial charge in [0.25, 0.3) is 0 Å². The van der Waals surface area contributed by atoms with E-state index in [1.165, 1.54) is 5.56 Å². The molecule has 0 aliphatic rings. The molecule has 1 aromatic heterocycles. The van der Waals surface area contributed by atoms with E-state index < -0.39 is 10.0 Å². The van der Waals surface area contributed by atoms with E-state index in [-0.39, 0.29) is 6.04 Å². The molecule has 1 atom stereocenters. The van der Waals surface area contributed by atoms with Gasteiger partial charge in [0.2, 0.25) is 10.0 Å². The summed E-state index contributed by atoms with van der Waals surface area (Å²) in [7, 11) is -3.57. The molecule has 0 radical (unpaired) electrons. The van der Waals surface area contributed by atoms with E-state index >= 15 is 0 Å². The van der Waals surface area contributed by atoms with Gasteiger partial charge in [-0.3, -0.25) is 4.98 Å². The first-order valence-electron chi connectivity index (χ1n) is 7.95. The topological polar surface area (TPSA) is 59.1 Å². The third-order valence-electron chi connectivity index (χ3n) is 4.00. The maximum Gasteiger partial charge on any atom is 0.241 e. The predicted molar refractivity (Wildman–Crippen MR) is 96.3 cm³/mol. The molecule has 0 amide bonds. The summed E-state index contributed by atoms with van der Waals surface area (Å²) in [6.07, 6.45) is 4.87. The number of rotatable bonds is 6. The highest BCUT2D eigenvalue weighted by atomic mass is 32.2. The zero-order valence-electron chi connectivity index (χ0n) is 13.5. The molecular weight excluding hydrogens is 320 g/mol. The molecular formula is C19H20N2O2S. The lowest BCUT2D eigenvalue weighted by Gasteiger charge is -2.15. The van der Waals surface area contributed by atoms with Crippen LogP contribution in [0.25, 0.3) is 10.8 Å². The van der Waals surface area contributed by atoms with Crippen LogP contribution in [0.3, 0.4) is 0 Å². The van der Waals surface area contributed by atoms with E-state index in [0.717, 1.165) is 18.2 Å². The quantitative estimate of drug-likeness (QED) is 0.747. The van der Waals surface area contributed by atoms with Crippen molar-refractivity contribution in [1.82, 2.24) is 9.71 Å². The fourth-order valence-corrected chi connectivity index (χ4v) is 4.25. The monoisotopic (exact) mass is 340 g/mol. The fourth-order valence-electron chi connectivity index (χ4n) is 2.74. The van der Waals surface area contributed by atoms with E-state index in [9.17, 15) is 8.42 Å². The van der Waals surface area contributed by atoms with Gasteiger partial charge in [0, 0.05) is 29.2 Å². The van der Waals surface area contributed by atoms with E-state index in [1.54, 1.807) is 30.6 Å². The molecule has 0 bridgehead atoms. The second-order valence-electron chi connectivity index (χ2n) is 5.90. The molecule has 124 valence electrons. The molecule has 1 N–H and O–H groups in total. The van der Waals surface area contributed by atoms with Gasteiger partial charge in [-0.2, -0.15) is 0 Å². The Bertz CT molecular complexity index is 919. The highest BCUT2D eigenvalue weighted by Crippen LogP contribution is 2.22. The van der Waals surface area contributed by atoms with Crippen molar-refractivity contribution >= 4 is 20.8 Å². The molecule has 0 saturated carbocycles. The predicted octanol–water partition coefficient (Wildman–Crippen LogP) is 3.53. The molecule has 0 spiro atoms. The Labute approximate surface area is 142 Å². The van der Waals surface area contributed by atoms with Crippen molar-refractivity contribution in [2.75, 3.05) is 0 Å². The smallest absolute Gasteiger partial charge is 0.241 e. The van der Waals surface area contributed by atoms with Gasteiger partial charge in [0.15, 0.2) is 0 Å². The van der Waals surface area contributed by atoms with Gasteiger partial charge in [-0.1, -0.05) is 42.5 Å². The number of hydrogen-bond acceptors (Lipinski definition) is 3. The number of aryl methyl sites for hydroxylation is 1. The van der Waals surface area contributed by atoms with Gasteiger partial charge in [-0.15, -0.1) is 0 Å². The van der Waals surface area contributed by atoms with Crippen LogP contribution in [0.1, 0.15) is 18.9 Å². The number of aromatic nitrogens is 1. The Balaban J connectivity index is 1.75. The summed E-state index contributed by atoms with van der Waals surface area (Å²) >= 11 is 0. The van der Waals surface area contributed by atoms with Crippen molar-refractivity contribution < 1.29 is 8.42 Å². The zero-order valence-corrected chi connectivity index (χ0v) is 14.3. The molecule has 1 unspecified atom stereocenters. The molecule has 3 rings (SSSR count). The Morgan fingerprint density at radius 1 is 1.04 bits per heavy atom. The van der Waals surface area contributed by atoms with Crippen LogP contribution in [0.4, 0.5) is 0 Å². The molecule has 0 saturated heterocycles. The second-order valence-corrected chi connectivity index (χ2v) is 7.58. The average Bonchev–Trinajstić information content (AvgIpc) is 2.60. The maximum atomic E-state index is 12.7. The van der Waals surface area contributed by atoms with Gasteiger partial charge in [0.1, 0.15) is 0 Å². The summed E-state index contributed by atoms with van der Waals surface area (Å²) in [5, 5.41) is 1.51. The second kappa shape index (κ2) is 7.11. The normalized spacial score (nSPS) is 13.0. The lowest BCUT2D eigenvalue weighted by molar-refractivity contribution is 0.547. The number of benzene rings is 2. The summed E-state index contributed by atoms with van der Waals surface area (Å²) in [5.41, 5.74) is 1.21. The van der Waals surface area contributed by atoms with Crippen LogP contribution in [0.5, 0.6) is 0 Å². The standard InChI is InChI=1S/C19H20N2O2S/c1-15(10-11-16-6-3-2-4-7-16)21-24(22,23)19-9-5-8-17-14-20-13-12-18(17)19/h2-9,12-15,21H,10-11H2,1H3. The van der Waals surface area contributed by atoms with Crippen molar-refractivity contribution in [2.24, 2.45) is 0 Å². The summed E-state index contributed by atoms with van der Waals surface area (Å²) in [4.78, 5) is 4.34. The lowest BCUT2D eigenvalue weighted by atomic mass is 10.1. The minimum absolute atomic E-state index is 0.146. The maximum absolute atomic E-state index is 12.7. The zero-order chi connectivity index (χ0) is 17.0. The van der Waals surface area contributed by atoms with Crippen LogP contribution in [-0.4, -0.2) is 19.4 Å². The molecule has 4 nitrogen and oxygen atoms in total. The minimum Gasteiger partial charge on any atom is -0.264 e. The first kappa shape index (κ1) is 16.6. The van der Waals surface area contributed by atoms with Crippen molar-refractivity contribution in [1.29, 1.82) is 0 Å². The van der Waals surface area contributed by atoms with Crippen LogP contribution in [0.2, 0.25) is 0 Å². The summed E-state index contributed by atoms with van der Waals surface area (Å²) in [5.74, 6) is 0.